The zero-order valence-electron chi connectivity index (χ0n) is 32.6. The van der Waals surface area contributed by atoms with E-state index in [0.29, 0.717) is 0 Å². The largest absolute Gasteiger partial charge is 0.456 e. The molecule has 0 saturated carbocycles. The van der Waals surface area contributed by atoms with Crippen LogP contribution in [0.15, 0.2) is 217 Å². The van der Waals surface area contributed by atoms with E-state index >= 15 is 0 Å². The van der Waals surface area contributed by atoms with Gasteiger partial charge in [0.25, 0.3) is 0 Å². The van der Waals surface area contributed by atoms with Crippen LogP contribution in [-0.4, -0.2) is 4.57 Å². The van der Waals surface area contributed by atoms with Crippen LogP contribution in [0.4, 0.5) is 0 Å². The molecule has 60 heavy (non-hydrogen) atoms. The first-order valence-corrected chi connectivity index (χ1v) is 20.7. The van der Waals surface area contributed by atoms with Gasteiger partial charge in [-0.3, -0.25) is 0 Å². The number of hydrogen-bond acceptors (Lipinski definition) is 1. The molecule has 0 aliphatic heterocycles. The average Bonchev–Trinajstić information content (AvgIpc) is 3.85. The van der Waals surface area contributed by atoms with Gasteiger partial charge >= 0.3 is 0 Å². The van der Waals surface area contributed by atoms with E-state index in [9.17, 15) is 0 Å². The second kappa shape index (κ2) is 12.8. The lowest BCUT2D eigenvalue weighted by Gasteiger charge is -2.19. The van der Waals surface area contributed by atoms with E-state index in [0.717, 1.165) is 27.5 Å². The van der Waals surface area contributed by atoms with Gasteiger partial charge in [0.15, 0.2) is 0 Å². The van der Waals surface area contributed by atoms with Gasteiger partial charge in [0.2, 0.25) is 0 Å². The lowest BCUT2D eigenvalue weighted by Crippen LogP contribution is -1.99. The summed E-state index contributed by atoms with van der Waals surface area (Å²) in [5.74, 6) is 0. The molecule has 2 nitrogen and oxygen atoms in total. The van der Waals surface area contributed by atoms with Crippen LogP contribution in [0.3, 0.4) is 0 Å². The van der Waals surface area contributed by atoms with Crippen LogP contribution in [0.1, 0.15) is 0 Å². The minimum absolute atomic E-state index is 0.883. The van der Waals surface area contributed by atoms with E-state index in [4.69, 9.17) is 4.42 Å². The second-order valence-corrected chi connectivity index (χ2v) is 15.9. The molecule has 13 aromatic rings. The van der Waals surface area contributed by atoms with Gasteiger partial charge in [0.1, 0.15) is 11.2 Å². The number of fused-ring (bicyclic) bond motifs is 10. The van der Waals surface area contributed by atoms with Crippen molar-refractivity contribution in [2.24, 2.45) is 0 Å². The minimum atomic E-state index is 0.883. The van der Waals surface area contributed by atoms with E-state index in [2.05, 4.69) is 217 Å². The first-order valence-electron chi connectivity index (χ1n) is 20.7. The van der Waals surface area contributed by atoms with Crippen LogP contribution in [0.2, 0.25) is 0 Å². The molecular formula is C58H35NO. The maximum absolute atomic E-state index is 6.76. The van der Waals surface area contributed by atoms with Crippen molar-refractivity contribution in [3.63, 3.8) is 0 Å². The molecule has 0 saturated heterocycles. The summed E-state index contributed by atoms with van der Waals surface area (Å²) in [5.41, 5.74) is 12.7. The second-order valence-electron chi connectivity index (χ2n) is 15.9. The molecule has 0 unspecified atom stereocenters. The van der Waals surface area contributed by atoms with Crippen LogP contribution in [0.5, 0.6) is 0 Å². The Hall–Kier alpha value is -7.94. The Kier molecular flexibility index (Phi) is 7.05. The molecule has 278 valence electrons. The lowest BCUT2D eigenvalue weighted by atomic mass is 9.86. The maximum atomic E-state index is 6.76. The van der Waals surface area contributed by atoms with Gasteiger partial charge in [-0.25, -0.2) is 0 Å². The number of para-hydroxylation sites is 2. The topological polar surface area (TPSA) is 18.1 Å². The molecule has 0 radical (unpaired) electrons. The van der Waals surface area contributed by atoms with E-state index in [1.54, 1.807) is 0 Å². The predicted octanol–water partition coefficient (Wildman–Crippen LogP) is 16.3. The summed E-state index contributed by atoms with van der Waals surface area (Å²) in [4.78, 5) is 0. The molecule has 0 aliphatic carbocycles. The summed E-state index contributed by atoms with van der Waals surface area (Å²) in [6, 6.07) is 77.4. The molecule has 0 atom stereocenters. The van der Waals surface area contributed by atoms with Gasteiger partial charge < -0.3 is 8.98 Å². The van der Waals surface area contributed by atoms with Gasteiger partial charge in [-0.15, -0.1) is 0 Å². The third-order valence-corrected chi connectivity index (χ3v) is 12.7. The Morgan fingerprint density at radius 1 is 0.250 bits per heavy atom. The van der Waals surface area contributed by atoms with E-state index in [-0.39, 0.29) is 0 Å². The van der Waals surface area contributed by atoms with Crippen molar-refractivity contribution in [1.29, 1.82) is 0 Å². The van der Waals surface area contributed by atoms with Crippen LogP contribution in [0, 0.1) is 0 Å². The van der Waals surface area contributed by atoms with E-state index in [1.807, 2.05) is 0 Å². The molecule has 0 spiro atoms. The summed E-state index contributed by atoms with van der Waals surface area (Å²) < 4.78 is 9.23. The highest BCUT2D eigenvalue weighted by Gasteiger charge is 2.22. The number of furan rings is 1. The Labute approximate surface area is 345 Å². The molecule has 0 bridgehead atoms. The Bertz CT molecular complexity index is 3720. The van der Waals surface area contributed by atoms with Crippen molar-refractivity contribution >= 4 is 86.8 Å². The highest BCUT2D eigenvalue weighted by atomic mass is 16.3. The number of aromatic nitrogens is 1. The fourth-order valence-corrected chi connectivity index (χ4v) is 10.3. The molecule has 0 aliphatic rings. The van der Waals surface area contributed by atoms with E-state index in [1.165, 1.54) is 98.4 Å². The summed E-state index contributed by atoms with van der Waals surface area (Å²) in [6.45, 7) is 0. The van der Waals surface area contributed by atoms with Gasteiger partial charge in [-0.2, -0.15) is 0 Å². The number of hydrogen-bond donors (Lipinski definition) is 0. The van der Waals surface area contributed by atoms with Crippen molar-refractivity contribution in [1.82, 2.24) is 4.57 Å². The monoisotopic (exact) mass is 761 g/mol. The van der Waals surface area contributed by atoms with Crippen molar-refractivity contribution in [2.45, 2.75) is 0 Å². The van der Waals surface area contributed by atoms with Gasteiger partial charge in [0.05, 0.1) is 16.7 Å². The number of benzene rings is 11. The normalized spacial score (nSPS) is 12.0. The molecule has 2 aromatic heterocycles. The lowest BCUT2D eigenvalue weighted by molar-refractivity contribution is 0.669. The Morgan fingerprint density at radius 2 is 0.650 bits per heavy atom. The van der Waals surface area contributed by atoms with Gasteiger partial charge in [0, 0.05) is 32.3 Å². The van der Waals surface area contributed by atoms with Crippen molar-refractivity contribution in [3.05, 3.63) is 212 Å². The zero-order chi connectivity index (χ0) is 39.3. The van der Waals surface area contributed by atoms with Crippen molar-refractivity contribution in [2.75, 3.05) is 0 Å². The fraction of sp³-hybridized carbons (Fsp3) is 0. The van der Waals surface area contributed by atoms with Crippen LogP contribution < -0.4 is 0 Å². The molecular weight excluding hydrogens is 727 g/mol. The first-order chi connectivity index (χ1) is 29.8. The summed E-state index contributed by atoms with van der Waals surface area (Å²) in [7, 11) is 0. The number of rotatable bonds is 4. The quantitative estimate of drug-likeness (QED) is 0.163. The third-order valence-electron chi connectivity index (χ3n) is 12.7. The molecule has 11 aromatic carbocycles. The highest BCUT2D eigenvalue weighted by molar-refractivity contribution is 6.24. The molecule has 0 amide bonds. The zero-order valence-corrected chi connectivity index (χ0v) is 32.6. The molecule has 0 N–H and O–H groups in total. The molecule has 13 rings (SSSR count). The van der Waals surface area contributed by atoms with Gasteiger partial charge in [-0.05, 0) is 102 Å². The number of nitrogens with zero attached hydrogens (tertiary/aromatic N) is 1. The summed E-state index contributed by atoms with van der Waals surface area (Å²) >= 11 is 0. The average molecular weight is 762 g/mol. The van der Waals surface area contributed by atoms with Crippen molar-refractivity contribution in [3.8, 4) is 39.1 Å². The van der Waals surface area contributed by atoms with Crippen LogP contribution in [-0.2, 0) is 0 Å². The Balaban J connectivity index is 1.03. The van der Waals surface area contributed by atoms with Crippen LogP contribution >= 0.6 is 0 Å². The summed E-state index contributed by atoms with van der Waals surface area (Å²) in [5, 5.41) is 14.6. The molecule has 0 fully saturated rings. The van der Waals surface area contributed by atoms with Crippen LogP contribution in [0.25, 0.3) is 126 Å². The summed E-state index contributed by atoms with van der Waals surface area (Å²) in [6.07, 6.45) is 0. The standard InChI is InChI=1S/C58H35NO/c1-2-16-36(17-3-1)55-42-20-4-6-22-44(42)56(45-23-7-5-21-43(45)55)37-31-33-53-50(34-37)41-32-30-38(35-54(41)60-53)57-46-24-8-10-26-48(46)58(49-27-11-9-25-47(49)57)59-51-28-14-12-18-39(51)40-19-13-15-29-52(40)59/h1-35H. The minimum Gasteiger partial charge on any atom is -0.456 e. The van der Waals surface area contributed by atoms with Gasteiger partial charge in [-0.1, -0.05) is 176 Å². The fourth-order valence-electron chi connectivity index (χ4n) is 10.3. The van der Waals surface area contributed by atoms with E-state index < -0.39 is 0 Å². The predicted molar refractivity (Wildman–Crippen MR) is 254 cm³/mol. The maximum Gasteiger partial charge on any atom is 0.136 e. The third kappa shape index (κ3) is 4.70. The SMILES string of the molecule is c1ccc(-c2c3ccccc3c(-c3ccc4oc5cc(-c6c7ccccc7c(-n7c8ccccc8c8ccccc87)c7ccccc67)ccc5c4c3)c3ccccc23)cc1. The highest BCUT2D eigenvalue weighted by Crippen LogP contribution is 2.47. The Morgan fingerprint density at radius 3 is 1.18 bits per heavy atom. The molecule has 2 heteroatoms. The van der Waals surface area contributed by atoms with Crippen molar-refractivity contribution < 1.29 is 4.42 Å². The first kappa shape index (κ1) is 33.1. The smallest absolute Gasteiger partial charge is 0.136 e. The molecule has 2 heterocycles.